The summed E-state index contributed by atoms with van der Waals surface area (Å²) in [6, 6.07) is 24.4. The van der Waals surface area contributed by atoms with Crippen LogP contribution in [0.1, 0.15) is 24.1 Å². The molecule has 0 saturated heterocycles. The van der Waals surface area contributed by atoms with Crippen LogP contribution >= 0.6 is 0 Å². The zero-order chi connectivity index (χ0) is 15.4. The number of rotatable bonds is 4. The van der Waals surface area contributed by atoms with E-state index in [0.29, 0.717) is 6.42 Å². The zero-order valence-corrected chi connectivity index (χ0v) is 12.6. The van der Waals surface area contributed by atoms with Crippen molar-refractivity contribution in [3.63, 3.8) is 0 Å². The molecule has 0 heterocycles. The van der Waals surface area contributed by atoms with Crippen LogP contribution in [0.3, 0.4) is 0 Å². The number of benzene rings is 3. The maximum atomic E-state index is 12.2. The van der Waals surface area contributed by atoms with E-state index in [2.05, 4.69) is 29.6 Å². The average Bonchev–Trinajstić information content (AvgIpc) is 2.55. The molecule has 0 aromatic heterocycles. The van der Waals surface area contributed by atoms with E-state index in [9.17, 15) is 4.79 Å². The van der Waals surface area contributed by atoms with Gasteiger partial charge in [-0.05, 0) is 28.8 Å². The SMILES string of the molecule is CC(NC(=O)Cc1ccc2ccccc2c1)c1ccccc1. The van der Waals surface area contributed by atoms with Gasteiger partial charge >= 0.3 is 0 Å². The molecular formula is C20H19NO. The van der Waals surface area contributed by atoms with Crippen LogP contribution in [0.2, 0.25) is 0 Å². The summed E-state index contributed by atoms with van der Waals surface area (Å²) in [6.45, 7) is 2.01. The Morgan fingerprint density at radius 1 is 0.909 bits per heavy atom. The summed E-state index contributed by atoms with van der Waals surface area (Å²) >= 11 is 0. The van der Waals surface area contributed by atoms with Crippen LogP contribution in [0.5, 0.6) is 0 Å². The fourth-order valence-corrected chi connectivity index (χ4v) is 2.65. The highest BCUT2D eigenvalue weighted by Gasteiger charge is 2.10. The second-order valence-corrected chi connectivity index (χ2v) is 5.56. The molecule has 0 aliphatic carbocycles. The number of carbonyl (C=O) groups excluding carboxylic acids is 1. The molecule has 2 nitrogen and oxygen atoms in total. The number of amides is 1. The van der Waals surface area contributed by atoms with Crippen molar-refractivity contribution in [1.82, 2.24) is 5.32 Å². The minimum atomic E-state index is 0.0224. The van der Waals surface area contributed by atoms with Crippen LogP contribution in [0, 0.1) is 0 Å². The molecule has 1 atom stereocenters. The molecule has 2 heteroatoms. The predicted molar refractivity (Wildman–Crippen MR) is 90.7 cm³/mol. The number of hydrogen-bond acceptors (Lipinski definition) is 1. The van der Waals surface area contributed by atoms with E-state index in [-0.39, 0.29) is 11.9 Å². The lowest BCUT2D eigenvalue weighted by atomic mass is 10.0. The molecule has 3 aromatic rings. The third-order valence-electron chi connectivity index (χ3n) is 3.86. The van der Waals surface area contributed by atoms with E-state index >= 15 is 0 Å². The van der Waals surface area contributed by atoms with Gasteiger partial charge in [0.1, 0.15) is 0 Å². The predicted octanol–water partition coefficient (Wildman–Crippen LogP) is 4.26. The highest BCUT2D eigenvalue weighted by atomic mass is 16.1. The first-order valence-electron chi connectivity index (χ1n) is 7.54. The Balaban J connectivity index is 1.68. The average molecular weight is 289 g/mol. The smallest absolute Gasteiger partial charge is 0.224 e. The molecule has 1 unspecified atom stereocenters. The summed E-state index contributed by atoms with van der Waals surface area (Å²) in [7, 11) is 0. The van der Waals surface area contributed by atoms with Crippen molar-refractivity contribution in [1.29, 1.82) is 0 Å². The molecule has 0 fully saturated rings. The second kappa shape index (κ2) is 6.44. The molecule has 3 rings (SSSR count). The van der Waals surface area contributed by atoms with Crippen molar-refractivity contribution in [2.75, 3.05) is 0 Å². The van der Waals surface area contributed by atoms with E-state index < -0.39 is 0 Å². The van der Waals surface area contributed by atoms with Crippen molar-refractivity contribution < 1.29 is 4.79 Å². The first kappa shape index (κ1) is 14.3. The first-order chi connectivity index (χ1) is 10.7. The largest absolute Gasteiger partial charge is 0.349 e. The zero-order valence-electron chi connectivity index (χ0n) is 12.6. The van der Waals surface area contributed by atoms with Gasteiger partial charge in [-0.3, -0.25) is 4.79 Å². The van der Waals surface area contributed by atoms with Gasteiger partial charge in [0.05, 0.1) is 12.5 Å². The Labute approximate surface area is 130 Å². The maximum Gasteiger partial charge on any atom is 0.224 e. The minimum absolute atomic E-state index is 0.0224. The van der Waals surface area contributed by atoms with Crippen LogP contribution in [-0.4, -0.2) is 5.91 Å². The quantitative estimate of drug-likeness (QED) is 0.764. The molecular weight excluding hydrogens is 270 g/mol. The summed E-state index contributed by atoms with van der Waals surface area (Å²) in [4.78, 5) is 12.2. The van der Waals surface area contributed by atoms with Crippen LogP contribution in [-0.2, 0) is 11.2 Å². The van der Waals surface area contributed by atoms with Gasteiger partial charge in [-0.15, -0.1) is 0 Å². The standard InChI is InChI=1S/C20H19NO/c1-15(17-7-3-2-4-8-17)21-20(22)14-16-11-12-18-9-5-6-10-19(18)13-16/h2-13,15H,14H2,1H3,(H,21,22). The number of carbonyl (C=O) groups is 1. The number of nitrogens with one attached hydrogen (secondary N) is 1. The van der Waals surface area contributed by atoms with Crippen LogP contribution in [0.15, 0.2) is 72.8 Å². The Kier molecular flexibility index (Phi) is 4.19. The molecule has 0 aliphatic rings. The highest BCUT2D eigenvalue weighted by molar-refractivity contribution is 5.85. The lowest BCUT2D eigenvalue weighted by Crippen LogP contribution is -2.28. The van der Waals surface area contributed by atoms with Gasteiger partial charge in [0.2, 0.25) is 5.91 Å². The number of fused-ring (bicyclic) bond motifs is 1. The van der Waals surface area contributed by atoms with E-state index in [4.69, 9.17) is 0 Å². The van der Waals surface area contributed by atoms with Gasteiger partial charge in [-0.1, -0.05) is 72.8 Å². The maximum absolute atomic E-state index is 12.2. The third-order valence-corrected chi connectivity index (χ3v) is 3.86. The van der Waals surface area contributed by atoms with E-state index in [1.54, 1.807) is 0 Å². The van der Waals surface area contributed by atoms with Crippen LogP contribution in [0.25, 0.3) is 10.8 Å². The van der Waals surface area contributed by atoms with Crippen LogP contribution < -0.4 is 5.32 Å². The Bertz CT molecular complexity index is 780. The molecule has 110 valence electrons. The monoisotopic (exact) mass is 289 g/mol. The lowest BCUT2D eigenvalue weighted by Gasteiger charge is -2.14. The van der Waals surface area contributed by atoms with Crippen LogP contribution in [0.4, 0.5) is 0 Å². The minimum Gasteiger partial charge on any atom is -0.349 e. The summed E-state index contributed by atoms with van der Waals surface area (Å²) in [6.07, 6.45) is 0.405. The Morgan fingerprint density at radius 2 is 1.59 bits per heavy atom. The molecule has 0 bridgehead atoms. The molecule has 0 aliphatic heterocycles. The normalized spacial score (nSPS) is 12.0. The van der Waals surface area contributed by atoms with Gasteiger partial charge in [0, 0.05) is 0 Å². The van der Waals surface area contributed by atoms with E-state index in [1.807, 2.05) is 55.5 Å². The molecule has 0 spiro atoms. The van der Waals surface area contributed by atoms with Gasteiger partial charge in [0.25, 0.3) is 0 Å². The second-order valence-electron chi connectivity index (χ2n) is 5.56. The molecule has 1 amide bonds. The van der Waals surface area contributed by atoms with Crippen molar-refractivity contribution in [2.24, 2.45) is 0 Å². The van der Waals surface area contributed by atoms with Crippen molar-refractivity contribution >= 4 is 16.7 Å². The van der Waals surface area contributed by atoms with Gasteiger partial charge < -0.3 is 5.32 Å². The first-order valence-corrected chi connectivity index (χ1v) is 7.54. The Morgan fingerprint density at radius 3 is 2.36 bits per heavy atom. The molecule has 1 N–H and O–H groups in total. The highest BCUT2D eigenvalue weighted by Crippen LogP contribution is 2.16. The lowest BCUT2D eigenvalue weighted by molar-refractivity contribution is -0.121. The van der Waals surface area contributed by atoms with E-state index in [1.165, 1.54) is 10.8 Å². The summed E-state index contributed by atoms with van der Waals surface area (Å²) in [5.41, 5.74) is 2.16. The van der Waals surface area contributed by atoms with Crippen molar-refractivity contribution in [3.05, 3.63) is 83.9 Å². The number of hydrogen-bond donors (Lipinski definition) is 1. The molecule has 0 saturated carbocycles. The van der Waals surface area contributed by atoms with Crippen molar-refractivity contribution in [3.8, 4) is 0 Å². The van der Waals surface area contributed by atoms with Gasteiger partial charge in [0.15, 0.2) is 0 Å². The van der Waals surface area contributed by atoms with Crippen molar-refractivity contribution in [2.45, 2.75) is 19.4 Å². The molecule has 0 radical (unpaired) electrons. The molecule has 22 heavy (non-hydrogen) atoms. The van der Waals surface area contributed by atoms with Gasteiger partial charge in [-0.25, -0.2) is 0 Å². The summed E-state index contributed by atoms with van der Waals surface area (Å²) in [5, 5.41) is 5.42. The fourth-order valence-electron chi connectivity index (χ4n) is 2.65. The molecule has 3 aromatic carbocycles. The van der Waals surface area contributed by atoms with E-state index in [0.717, 1.165) is 11.1 Å². The summed E-state index contributed by atoms with van der Waals surface area (Å²) < 4.78 is 0. The third kappa shape index (κ3) is 3.34. The van der Waals surface area contributed by atoms with Gasteiger partial charge in [-0.2, -0.15) is 0 Å². The fraction of sp³-hybridized carbons (Fsp3) is 0.150. The topological polar surface area (TPSA) is 29.1 Å². The Hall–Kier alpha value is -2.61. The summed E-state index contributed by atoms with van der Waals surface area (Å²) in [5.74, 6) is 0.0478.